The smallest absolute Gasteiger partial charge is 0.279 e. The molecule has 192 valence electrons. The van der Waals surface area contributed by atoms with Gasteiger partial charge in [-0.1, -0.05) is 35.9 Å². The number of hydrogen-bond donors (Lipinski definition) is 3. The maximum Gasteiger partial charge on any atom is 0.279 e. The summed E-state index contributed by atoms with van der Waals surface area (Å²) in [5, 5.41) is 6.83. The summed E-state index contributed by atoms with van der Waals surface area (Å²) < 4.78 is 27.4. The van der Waals surface area contributed by atoms with E-state index in [0.29, 0.717) is 22.7 Å². The molecule has 2 aromatic carbocycles. The summed E-state index contributed by atoms with van der Waals surface area (Å²) in [7, 11) is 1.66. The van der Waals surface area contributed by atoms with Crippen LogP contribution < -0.4 is 15.4 Å². The molecule has 0 saturated carbocycles. The minimum Gasteiger partial charge on any atom is -0.339 e. The van der Waals surface area contributed by atoms with Gasteiger partial charge in [-0.3, -0.25) is 0 Å². The van der Waals surface area contributed by atoms with Crippen LogP contribution in [-0.4, -0.2) is 61.8 Å². The van der Waals surface area contributed by atoms with Gasteiger partial charge in [-0.25, -0.2) is 4.98 Å². The van der Waals surface area contributed by atoms with Gasteiger partial charge in [-0.15, -0.1) is 0 Å². The van der Waals surface area contributed by atoms with Crippen LogP contribution >= 0.6 is 11.6 Å². The van der Waals surface area contributed by atoms with Crippen LogP contribution in [0.4, 0.5) is 23.1 Å². The predicted molar refractivity (Wildman–Crippen MR) is 145 cm³/mol. The van der Waals surface area contributed by atoms with Crippen molar-refractivity contribution in [1.82, 2.24) is 23.9 Å². The van der Waals surface area contributed by atoms with Crippen molar-refractivity contribution in [2.24, 2.45) is 0 Å². The van der Waals surface area contributed by atoms with Crippen molar-refractivity contribution in [1.29, 1.82) is 0 Å². The van der Waals surface area contributed by atoms with Crippen molar-refractivity contribution < 1.29 is 8.42 Å². The van der Waals surface area contributed by atoms with Gasteiger partial charge >= 0.3 is 0 Å². The number of piperidine rings is 1. The van der Waals surface area contributed by atoms with Crippen molar-refractivity contribution in [3.63, 3.8) is 0 Å². The van der Waals surface area contributed by atoms with Gasteiger partial charge in [0.2, 0.25) is 5.95 Å². The third-order valence-corrected chi connectivity index (χ3v) is 8.00. The standard InChI is InChI=1S/C25H32ClN7O2S/c1-32(2)36(34,35)28-16-18-4-8-21(9-5-18)29-24-23(26)17-27-25(31-24)30-22-10-6-19(7-11-22)20-12-14-33(3)15-13-20/h4-11,17,20,28H,12-16H2,1-3H3,(H2,27,29,30,31). The van der Waals surface area contributed by atoms with Gasteiger partial charge in [0.25, 0.3) is 10.2 Å². The molecule has 0 atom stereocenters. The molecular formula is C25H32ClN7O2S. The van der Waals surface area contributed by atoms with E-state index in [2.05, 4.69) is 61.5 Å². The second-order valence-corrected chi connectivity index (χ2v) is 11.5. The Morgan fingerprint density at radius 1 is 1.00 bits per heavy atom. The van der Waals surface area contributed by atoms with E-state index in [9.17, 15) is 8.42 Å². The van der Waals surface area contributed by atoms with Crippen molar-refractivity contribution in [3.05, 3.63) is 70.9 Å². The first kappa shape index (κ1) is 26.3. The molecule has 1 fully saturated rings. The average Bonchev–Trinajstić information content (AvgIpc) is 2.86. The van der Waals surface area contributed by atoms with E-state index in [-0.39, 0.29) is 6.54 Å². The lowest BCUT2D eigenvalue weighted by atomic mass is 9.89. The summed E-state index contributed by atoms with van der Waals surface area (Å²) in [5.41, 5.74) is 3.87. The molecule has 0 bridgehead atoms. The average molecular weight is 530 g/mol. The molecule has 1 aromatic heterocycles. The van der Waals surface area contributed by atoms with Gasteiger partial charge in [0.15, 0.2) is 5.82 Å². The van der Waals surface area contributed by atoms with Crippen LogP contribution in [0.3, 0.4) is 0 Å². The molecule has 9 nitrogen and oxygen atoms in total. The van der Waals surface area contributed by atoms with E-state index < -0.39 is 10.2 Å². The number of nitrogens with one attached hydrogen (secondary N) is 3. The Morgan fingerprint density at radius 3 is 2.25 bits per heavy atom. The van der Waals surface area contributed by atoms with Gasteiger partial charge in [-0.2, -0.15) is 22.4 Å². The summed E-state index contributed by atoms with van der Waals surface area (Å²) >= 11 is 6.33. The zero-order valence-corrected chi connectivity index (χ0v) is 22.3. The molecule has 0 unspecified atom stereocenters. The zero-order chi connectivity index (χ0) is 25.7. The Morgan fingerprint density at radius 2 is 1.61 bits per heavy atom. The maximum absolute atomic E-state index is 11.9. The number of likely N-dealkylation sites (tertiary alicyclic amines) is 1. The summed E-state index contributed by atoms with van der Waals surface area (Å²) in [6.45, 7) is 2.47. The number of hydrogen-bond acceptors (Lipinski definition) is 7. The fourth-order valence-electron chi connectivity index (χ4n) is 3.97. The Hall–Kier alpha value is -2.76. The summed E-state index contributed by atoms with van der Waals surface area (Å²) in [5.74, 6) is 1.51. The molecule has 11 heteroatoms. The first-order valence-corrected chi connectivity index (χ1v) is 13.6. The van der Waals surface area contributed by atoms with Crippen LogP contribution in [0.2, 0.25) is 5.02 Å². The summed E-state index contributed by atoms with van der Waals surface area (Å²) in [6.07, 6.45) is 3.92. The molecule has 4 rings (SSSR count). The minimum atomic E-state index is -3.48. The van der Waals surface area contributed by atoms with E-state index in [1.165, 1.54) is 32.5 Å². The highest BCUT2D eigenvalue weighted by molar-refractivity contribution is 7.87. The van der Waals surface area contributed by atoms with Crippen LogP contribution in [-0.2, 0) is 16.8 Å². The Labute approximate surface area is 218 Å². The highest BCUT2D eigenvalue weighted by Gasteiger charge is 2.18. The lowest BCUT2D eigenvalue weighted by Crippen LogP contribution is -2.35. The highest BCUT2D eigenvalue weighted by Crippen LogP contribution is 2.29. The maximum atomic E-state index is 11.9. The van der Waals surface area contributed by atoms with Gasteiger partial charge < -0.3 is 15.5 Å². The Balaban J connectivity index is 1.37. The van der Waals surface area contributed by atoms with Crippen LogP contribution in [0.1, 0.15) is 29.9 Å². The van der Waals surface area contributed by atoms with E-state index in [1.54, 1.807) is 6.20 Å². The third kappa shape index (κ3) is 6.92. The van der Waals surface area contributed by atoms with E-state index >= 15 is 0 Å². The zero-order valence-electron chi connectivity index (χ0n) is 20.7. The topological polar surface area (TPSA) is 102 Å². The highest BCUT2D eigenvalue weighted by atomic mass is 35.5. The molecule has 3 aromatic rings. The molecule has 3 N–H and O–H groups in total. The minimum absolute atomic E-state index is 0.194. The molecule has 2 heterocycles. The van der Waals surface area contributed by atoms with Crippen molar-refractivity contribution in [2.45, 2.75) is 25.3 Å². The summed E-state index contributed by atoms with van der Waals surface area (Å²) in [6, 6.07) is 15.8. The van der Waals surface area contributed by atoms with E-state index in [1.807, 2.05) is 24.3 Å². The Bertz CT molecular complexity index is 1260. The molecule has 0 radical (unpaired) electrons. The number of rotatable bonds is 9. The van der Waals surface area contributed by atoms with Crippen molar-refractivity contribution in [2.75, 3.05) is 44.9 Å². The quantitative estimate of drug-likeness (QED) is 0.379. The first-order valence-electron chi connectivity index (χ1n) is 11.8. The van der Waals surface area contributed by atoms with E-state index in [4.69, 9.17) is 11.6 Å². The van der Waals surface area contributed by atoms with Gasteiger partial charge in [-0.05, 0) is 74.3 Å². The largest absolute Gasteiger partial charge is 0.339 e. The number of benzene rings is 2. The van der Waals surface area contributed by atoms with Gasteiger partial charge in [0.1, 0.15) is 5.02 Å². The number of aromatic nitrogens is 2. The second kappa shape index (κ2) is 11.5. The van der Waals surface area contributed by atoms with Gasteiger partial charge in [0, 0.05) is 32.0 Å². The van der Waals surface area contributed by atoms with Crippen molar-refractivity contribution >= 4 is 45.0 Å². The number of halogens is 1. The normalized spacial score (nSPS) is 15.2. The number of nitrogens with zero attached hydrogens (tertiary/aromatic N) is 4. The summed E-state index contributed by atoms with van der Waals surface area (Å²) in [4.78, 5) is 11.2. The fraction of sp³-hybridized carbons (Fsp3) is 0.360. The molecular weight excluding hydrogens is 498 g/mol. The second-order valence-electron chi connectivity index (χ2n) is 9.15. The molecule has 0 aliphatic carbocycles. The lowest BCUT2D eigenvalue weighted by molar-refractivity contribution is 0.255. The molecule has 36 heavy (non-hydrogen) atoms. The Kier molecular flexibility index (Phi) is 8.43. The molecule has 0 spiro atoms. The van der Waals surface area contributed by atoms with Crippen LogP contribution in [0.15, 0.2) is 54.7 Å². The van der Waals surface area contributed by atoms with Crippen LogP contribution in [0.5, 0.6) is 0 Å². The third-order valence-electron chi connectivity index (χ3n) is 6.26. The van der Waals surface area contributed by atoms with Crippen molar-refractivity contribution in [3.8, 4) is 0 Å². The molecule has 1 saturated heterocycles. The molecule has 0 amide bonds. The lowest BCUT2D eigenvalue weighted by Gasteiger charge is -2.29. The van der Waals surface area contributed by atoms with Crippen LogP contribution in [0.25, 0.3) is 0 Å². The number of anilines is 4. The molecule has 1 aliphatic rings. The monoisotopic (exact) mass is 529 g/mol. The fourth-order valence-corrected chi connectivity index (χ4v) is 4.72. The van der Waals surface area contributed by atoms with Crippen LogP contribution in [0, 0.1) is 0 Å². The predicted octanol–water partition coefficient (Wildman–Crippen LogP) is 4.32. The van der Waals surface area contributed by atoms with E-state index in [0.717, 1.165) is 34.3 Å². The van der Waals surface area contributed by atoms with Gasteiger partial charge in [0.05, 0.1) is 6.20 Å². The SMILES string of the molecule is CN1CCC(c2ccc(Nc3ncc(Cl)c(Nc4ccc(CNS(=O)(=O)N(C)C)cc4)n3)cc2)CC1. The first-order chi connectivity index (χ1) is 17.2. The molecule has 1 aliphatic heterocycles.